The summed E-state index contributed by atoms with van der Waals surface area (Å²) in [6.07, 6.45) is 3.30. The summed E-state index contributed by atoms with van der Waals surface area (Å²) in [5.74, 6) is 0. The zero-order valence-electron chi connectivity index (χ0n) is 14.5. The third-order valence-electron chi connectivity index (χ3n) is 4.52. The number of hydrogen-bond donors (Lipinski definition) is 1. The van der Waals surface area contributed by atoms with Gasteiger partial charge in [-0.1, -0.05) is 30.3 Å². The molecule has 2 nitrogen and oxygen atoms in total. The van der Waals surface area contributed by atoms with E-state index >= 15 is 0 Å². The largest absolute Gasteiger partial charge is 0.368 e. The minimum atomic E-state index is -0.104. The molecule has 0 aliphatic carbocycles. The van der Waals surface area contributed by atoms with E-state index < -0.39 is 0 Å². The third-order valence-corrected chi connectivity index (χ3v) is 4.52. The van der Waals surface area contributed by atoms with Crippen LogP contribution >= 0.6 is 0 Å². The highest BCUT2D eigenvalue weighted by Crippen LogP contribution is 2.38. The fourth-order valence-electron chi connectivity index (χ4n) is 3.43. The molecule has 1 aliphatic heterocycles. The predicted octanol–water partition coefficient (Wildman–Crippen LogP) is 4.33. The van der Waals surface area contributed by atoms with Crippen molar-refractivity contribution in [1.29, 1.82) is 0 Å². The maximum Gasteiger partial charge on any atom is 0.0787 e. The summed E-state index contributed by atoms with van der Waals surface area (Å²) in [6.45, 7) is 13.4. The van der Waals surface area contributed by atoms with Gasteiger partial charge in [0.05, 0.1) is 11.2 Å². The van der Waals surface area contributed by atoms with Crippen LogP contribution in [-0.4, -0.2) is 22.8 Å². The molecular formula is C19H31NO. The number of aryl methyl sites for hydroxylation is 1. The fourth-order valence-corrected chi connectivity index (χ4v) is 3.43. The van der Waals surface area contributed by atoms with E-state index in [2.05, 4.69) is 77.2 Å². The van der Waals surface area contributed by atoms with E-state index in [1.54, 1.807) is 0 Å². The van der Waals surface area contributed by atoms with Crippen LogP contribution in [0.25, 0.3) is 0 Å². The minimum absolute atomic E-state index is 0.0311. The molecular weight excluding hydrogens is 258 g/mol. The lowest BCUT2D eigenvalue weighted by Crippen LogP contribution is -2.53. The Kier molecular flexibility index (Phi) is 4.51. The molecule has 1 fully saturated rings. The molecule has 1 saturated heterocycles. The molecule has 1 aliphatic rings. The fraction of sp³-hybridized carbons (Fsp3) is 0.684. The standard InChI is InChI=1S/C19H31NO/c1-17(2,13-12-15-10-8-7-9-11-15)20-16-14-18(3,4)21-19(16,5)6/h7-11,16,20H,12-14H2,1-6H3. The summed E-state index contributed by atoms with van der Waals surface area (Å²) in [6, 6.07) is 11.1. The normalized spacial score (nSPS) is 24.2. The summed E-state index contributed by atoms with van der Waals surface area (Å²) in [5.41, 5.74) is 1.39. The van der Waals surface area contributed by atoms with Gasteiger partial charge in [-0.15, -0.1) is 0 Å². The Balaban J connectivity index is 1.94. The van der Waals surface area contributed by atoms with E-state index in [0.29, 0.717) is 6.04 Å². The van der Waals surface area contributed by atoms with Gasteiger partial charge in [0.2, 0.25) is 0 Å². The highest BCUT2D eigenvalue weighted by Gasteiger charge is 2.47. The molecule has 0 aromatic heterocycles. The molecule has 1 unspecified atom stereocenters. The molecule has 2 heteroatoms. The Morgan fingerprint density at radius 3 is 2.29 bits per heavy atom. The molecule has 0 radical (unpaired) electrons. The molecule has 1 aromatic carbocycles. The second-order valence-electron chi connectivity index (χ2n) is 8.24. The molecule has 1 N–H and O–H groups in total. The van der Waals surface area contributed by atoms with Crippen molar-refractivity contribution in [3.05, 3.63) is 35.9 Å². The SMILES string of the molecule is CC(C)(CCc1ccccc1)NC1CC(C)(C)OC1(C)C. The Morgan fingerprint density at radius 2 is 1.76 bits per heavy atom. The van der Waals surface area contributed by atoms with Crippen LogP contribution < -0.4 is 5.32 Å². The smallest absolute Gasteiger partial charge is 0.0787 e. The van der Waals surface area contributed by atoms with Gasteiger partial charge in [-0.25, -0.2) is 0 Å². The van der Waals surface area contributed by atoms with Crippen molar-refractivity contribution in [3.8, 4) is 0 Å². The second kappa shape index (κ2) is 5.73. The van der Waals surface area contributed by atoms with Gasteiger partial charge >= 0.3 is 0 Å². The average molecular weight is 289 g/mol. The van der Waals surface area contributed by atoms with Gasteiger partial charge in [0.15, 0.2) is 0 Å². The van der Waals surface area contributed by atoms with Crippen LogP contribution in [0.1, 0.15) is 59.9 Å². The van der Waals surface area contributed by atoms with E-state index in [9.17, 15) is 0 Å². The van der Waals surface area contributed by atoms with Gasteiger partial charge in [0.1, 0.15) is 0 Å². The molecule has 0 saturated carbocycles. The van der Waals surface area contributed by atoms with Crippen molar-refractivity contribution in [3.63, 3.8) is 0 Å². The summed E-state index contributed by atoms with van der Waals surface area (Å²) in [7, 11) is 0. The summed E-state index contributed by atoms with van der Waals surface area (Å²) in [5, 5.41) is 3.85. The van der Waals surface area contributed by atoms with Gasteiger partial charge in [-0.05, 0) is 66.4 Å². The first kappa shape index (κ1) is 16.5. The van der Waals surface area contributed by atoms with Crippen molar-refractivity contribution in [2.75, 3.05) is 0 Å². The van der Waals surface area contributed by atoms with Crippen LogP contribution in [0.3, 0.4) is 0 Å². The van der Waals surface area contributed by atoms with Crippen molar-refractivity contribution < 1.29 is 4.74 Å². The summed E-state index contributed by atoms with van der Waals surface area (Å²) < 4.78 is 6.19. The second-order valence-corrected chi connectivity index (χ2v) is 8.24. The Labute approximate surface area is 130 Å². The summed E-state index contributed by atoms with van der Waals surface area (Å²) in [4.78, 5) is 0. The number of rotatable bonds is 5. The quantitative estimate of drug-likeness (QED) is 0.871. The zero-order chi connectivity index (χ0) is 15.7. The van der Waals surface area contributed by atoms with Gasteiger partial charge in [0.25, 0.3) is 0 Å². The van der Waals surface area contributed by atoms with E-state index in [0.717, 1.165) is 19.3 Å². The molecule has 118 valence electrons. The van der Waals surface area contributed by atoms with Crippen LogP contribution in [0.15, 0.2) is 30.3 Å². The first-order chi connectivity index (χ1) is 9.60. The van der Waals surface area contributed by atoms with E-state index in [4.69, 9.17) is 4.74 Å². The number of benzene rings is 1. The molecule has 0 spiro atoms. The first-order valence-corrected chi connectivity index (χ1v) is 8.12. The Morgan fingerprint density at radius 1 is 1.14 bits per heavy atom. The molecule has 1 aromatic rings. The topological polar surface area (TPSA) is 21.3 Å². The molecule has 0 bridgehead atoms. The van der Waals surface area contributed by atoms with Crippen molar-refractivity contribution in [2.24, 2.45) is 0 Å². The van der Waals surface area contributed by atoms with Crippen LogP contribution in [0.5, 0.6) is 0 Å². The third kappa shape index (κ3) is 4.55. The lowest BCUT2D eigenvalue weighted by atomic mass is 9.89. The van der Waals surface area contributed by atoms with E-state index in [1.807, 2.05) is 0 Å². The van der Waals surface area contributed by atoms with Crippen LogP contribution in [0.2, 0.25) is 0 Å². The van der Waals surface area contributed by atoms with Crippen molar-refractivity contribution >= 4 is 0 Å². The molecule has 21 heavy (non-hydrogen) atoms. The predicted molar refractivity (Wildman–Crippen MR) is 89.6 cm³/mol. The van der Waals surface area contributed by atoms with Crippen LogP contribution in [0.4, 0.5) is 0 Å². The lowest BCUT2D eigenvalue weighted by Gasteiger charge is -2.35. The van der Waals surface area contributed by atoms with Gasteiger partial charge in [0, 0.05) is 11.6 Å². The van der Waals surface area contributed by atoms with Crippen LogP contribution in [0, 0.1) is 0 Å². The molecule has 1 atom stereocenters. The van der Waals surface area contributed by atoms with Crippen LogP contribution in [-0.2, 0) is 11.2 Å². The first-order valence-electron chi connectivity index (χ1n) is 8.12. The highest BCUT2D eigenvalue weighted by atomic mass is 16.5. The van der Waals surface area contributed by atoms with Crippen molar-refractivity contribution in [1.82, 2.24) is 5.32 Å². The highest BCUT2D eigenvalue weighted by molar-refractivity contribution is 5.15. The minimum Gasteiger partial charge on any atom is -0.368 e. The molecule has 0 amide bonds. The average Bonchev–Trinajstić information content (AvgIpc) is 2.55. The van der Waals surface area contributed by atoms with Gasteiger partial charge in [-0.3, -0.25) is 0 Å². The zero-order valence-corrected chi connectivity index (χ0v) is 14.5. The van der Waals surface area contributed by atoms with Gasteiger partial charge in [-0.2, -0.15) is 0 Å². The number of nitrogens with one attached hydrogen (secondary N) is 1. The van der Waals surface area contributed by atoms with Crippen molar-refractivity contribution in [2.45, 2.75) is 83.6 Å². The monoisotopic (exact) mass is 289 g/mol. The Bertz CT molecular complexity index is 462. The molecule has 1 heterocycles. The maximum atomic E-state index is 6.19. The Hall–Kier alpha value is -0.860. The van der Waals surface area contributed by atoms with Gasteiger partial charge < -0.3 is 10.1 Å². The van der Waals surface area contributed by atoms with E-state index in [1.165, 1.54) is 5.56 Å². The number of hydrogen-bond acceptors (Lipinski definition) is 2. The summed E-state index contributed by atoms with van der Waals surface area (Å²) >= 11 is 0. The van der Waals surface area contributed by atoms with E-state index in [-0.39, 0.29) is 16.7 Å². The lowest BCUT2D eigenvalue weighted by molar-refractivity contribution is -0.0714. The number of ether oxygens (including phenoxy) is 1. The maximum absolute atomic E-state index is 6.19. The molecule has 2 rings (SSSR count).